The summed E-state index contributed by atoms with van der Waals surface area (Å²) in [5.74, 6) is 0.822. The Morgan fingerprint density at radius 3 is 2.29 bits per heavy atom. The molecule has 0 spiro atoms. The molecule has 0 radical (unpaired) electrons. The van der Waals surface area contributed by atoms with Crippen LogP contribution in [0, 0.1) is 6.57 Å². The summed E-state index contributed by atoms with van der Waals surface area (Å²) in [6, 6.07) is 8.81. The van der Waals surface area contributed by atoms with E-state index in [1.807, 2.05) is 12.1 Å². The molecular weight excluding hydrogens is 319 g/mol. The van der Waals surface area contributed by atoms with Gasteiger partial charge in [-0.05, 0) is 50.8 Å². The molecule has 1 atom stereocenters. The fourth-order valence-electron chi connectivity index (χ4n) is 2.39. The Hall–Kier alpha value is -1.14. The number of hydrogen-bond donors (Lipinski definition) is 0. The molecule has 1 rings (SSSR count). The van der Waals surface area contributed by atoms with Crippen LogP contribution in [0.3, 0.4) is 0 Å². The Labute approximate surface area is 148 Å². The lowest BCUT2D eigenvalue weighted by atomic mass is 9.87. The molecule has 1 unspecified atom stereocenters. The summed E-state index contributed by atoms with van der Waals surface area (Å²) in [4.78, 5) is 3.37. The molecule has 0 aliphatic rings. The molecule has 0 saturated heterocycles. The Morgan fingerprint density at radius 2 is 1.79 bits per heavy atom. The zero-order valence-corrected chi connectivity index (χ0v) is 16.9. The third kappa shape index (κ3) is 6.40. The molecule has 0 aromatic heterocycles. The zero-order valence-electron chi connectivity index (χ0n) is 16.0. The first-order chi connectivity index (χ1) is 11.2. The molecule has 1 aromatic carbocycles. The van der Waals surface area contributed by atoms with Crippen LogP contribution in [0.25, 0.3) is 4.85 Å². The zero-order chi connectivity index (χ0) is 18.3. The molecule has 4 nitrogen and oxygen atoms in total. The van der Waals surface area contributed by atoms with Crippen molar-refractivity contribution in [3.8, 4) is 5.75 Å². The predicted molar refractivity (Wildman–Crippen MR) is 102 cm³/mol. The smallest absolute Gasteiger partial charge is 0.321 e. The minimum absolute atomic E-state index is 0.0723. The first-order valence-electron chi connectivity index (χ1n) is 8.49. The summed E-state index contributed by atoms with van der Waals surface area (Å²) in [7, 11) is -1.25. The van der Waals surface area contributed by atoms with E-state index in [1.165, 1.54) is 5.56 Å². The lowest BCUT2D eigenvalue weighted by Gasteiger charge is -2.35. The Morgan fingerprint density at radius 1 is 1.17 bits per heavy atom. The summed E-state index contributed by atoms with van der Waals surface area (Å²) >= 11 is 0. The third-order valence-corrected chi connectivity index (χ3v) is 5.61. The van der Waals surface area contributed by atoms with Crippen molar-refractivity contribution in [2.45, 2.75) is 66.0 Å². The highest BCUT2D eigenvalue weighted by atomic mass is 31.2. The fraction of sp³-hybridized carbons (Fsp3) is 0.632. The van der Waals surface area contributed by atoms with Gasteiger partial charge >= 0.3 is 8.53 Å². The molecule has 0 heterocycles. The van der Waals surface area contributed by atoms with Crippen LogP contribution >= 0.6 is 8.53 Å². The SMILES string of the molecule is [C-]#[N+]CCOP(Oc1cccc(C(C)(C)C)c1)N(C(C)C)C(C)C. The molecule has 0 fully saturated rings. The molecule has 0 saturated carbocycles. The van der Waals surface area contributed by atoms with E-state index in [2.05, 4.69) is 70.1 Å². The number of hydrogen-bond acceptors (Lipinski definition) is 3. The highest BCUT2D eigenvalue weighted by Crippen LogP contribution is 2.46. The Balaban J connectivity index is 3.01. The lowest BCUT2D eigenvalue weighted by molar-refractivity contribution is 0.222. The average molecular weight is 350 g/mol. The van der Waals surface area contributed by atoms with Crippen molar-refractivity contribution in [1.29, 1.82) is 0 Å². The minimum atomic E-state index is -1.25. The van der Waals surface area contributed by atoms with Crippen molar-refractivity contribution in [2.24, 2.45) is 0 Å². The lowest BCUT2D eigenvalue weighted by Crippen LogP contribution is -2.34. The molecule has 0 aliphatic heterocycles. The van der Waals surface area contributed by atoms with Crippen LogP contribution in [0.4, 0.5) is 0 Å². The van der Waals surface area contributed by atoms with Gasteiger partial charge < -0.3 is 13.9 Å². The molecule has 24 heavy (non-hydrogen) atoms. The number of rotatable bonds is 8. The monoisotopic (exact) mass is 350 g/mol. The largest absolute Gasteiger partial charge is 0.436 e. The predicted octanol–water partition coefficient (Wildman–Crippen LogP) is 5.64. The van der Waals surface area contributed by atoms with Crippen molar-refractivity contribution >= 4 is 8.53 Å². The number of nitrogens with zero attached hydrogens (tertiary/aromatic N) is 2. The second kappa shape index (κ2) is 9.37. The van der Waals surface area contributed by atoms with E-state index in [0.29, 0.717) is 25.2 Å². The van der Waals surface area contributed by atoms with Crippen LogP contribution in [-0.4, -0.2) is 29.9 Å². The molecule has 0 aliphatic carbocycles. The average Bonchev–Trinajstić information content (AvgIpc) is 2.46. The minimum Gasteiger partial charge on any atom is -0.436 e. The molecule has 0 bridgehead atoms. The van der Waals surface area contributed by atoms with Gasteiger partial charge in [-0.2, -0.15) is 0 Å². The van der Waals surface area contributed by atoms with Crippen molar-refractivity contribution in [3.05, 3.63) is 41.2 Å². The molecule has 1 aromatic rings. The van der Waals surface area contributed by atoms with E-state index in [9.17, 15) is 0 Å². The van der Waals surface area contributed by atoms with E-state index in [4.69, 9.17) is 15.6 Å². The summed E-state index contributed by atoms with van der Waals surface area (Å²) in [5, 5.41) is 0. The fourth-order valence-corrected chi connectivity index (χ4v) is 3.95. The van der Waals surface area contributed by atoms with E-state index >= 15 is 0 Å². The van der Waals surface area contributed by atoms with Crippen molar-refractivity contribution in [1.82, 2.24) is 4.67 Å². The second-order valence-corrected chi connectivity index (χ2v) is 8.77. The maximum Gasteiger partial charge on any atom is 0.321 e. The molecular formula is C19H31N2O2P. The standard InChI is InChI=1S/C19H31N2O2P/c1-15(2)21(16(3)4)24(22-13-12-20-8)23-18-11-9-10-17(14-18)19(5,6)7/h9-11,14-16H,12-13H2,1-7H3. The summed E-state index contributed by atoms with van der Waals surface area (Å²) in [6.45, 7) is 22.8. The Bertz CT molecular complexity index is 539. The van der Waals surface area contributed by atoms with Crippen LogP contribution in [0.2, 0.25) is 0 Å². The van der Waals surface area contributed by atoms with Gasteiger partial charge in [-0.3, -0.25) is 0 Å². The third-order valence-electron chi connectivity index (χ3n) is 3.54. The first-order valence-corrected chi connectivity index (χ1v) is 9.63. The van der Waals surface area contributed by atoms with Gasteiger partial charge in [0.05, 0.1) is 0 Å². The molecule has 0 amide bonds. The second-order valence-electron chi connectivity index (χ2n) is 7.39. The maximum atomic E-state index is 6.94. The van der Waals surface area contributed by atoms with E-state index in [0.717, 1.165) is 5.75 Å². The van der Waals surface area contributed by atoms with Crippen molar-refractivity contribution in [3.63, 3.8) is 0 Å². The van der Waals surface area contributed by atoms with Gasteiger partial charge in [-0.25, -0.2) is 11.2 Å². The first kappa shape index (κ1) is 20.9. The van der Waals surface area contributed by atoms with Gasteiger partial charge in [0.25, 0.3) is 0 Å². The normalized spacial score (nSPS) is 13.4. The van der Waals surface area contributed by atoms with Crippen LogP contribution in [0.1, 0.15) is 54.0 Å². The van der Waals surface area contributed by atoms with Gasteiger partial charge in [0.2, 0.25) is 6.54 Å². The van der Waals surface area contributed by atoms with Gasteiger partial charge in [-0.15, -0.1) is 0 Å². The maximum absolute atomic E-state index is 6.94. The van der Waals surface area contributed by atoms with Crippen LogP contribution in [0.5, 0.6) is 5.75 Å². The highest BCUT2D eigenvalue weighted by molar-refractivity contribution is 7.45. The summed E-state index contributed by atoms with van der Waals surface area (Å²) < 4.78 is 14.4. The molecule has 0 N–H and O–H groups in total. The van der Waals surface area contributed by atoms with E-state index < -0.39 is 8.53 Å². The van der Waals surface area contributed by atoms with Crippen LogP contribution in [-0.2, 0) is 9.94 Å². The summed E-state index contributed by atoms with van der Waals surface area (Å²) in [5.41, 5.74) is 1.31. The Kier molecular flexibility index (Phi) is 8.16. The summed E-state index contributed by atoms with van der Waals surface area (Å²) in [6.07, 6.45) is 0. The quantitative estimate of drug-likeness (QED) is 0.344. The topological polar surface area (TPSA) is 26.1 Å². The van der Waals surface area contributed by atoms with Crippen LogP contribution in [0.15, 0.2) is 24.3 Å². The van der Waals surface area contributed by atoms with Gasteiger partial charge in [0.15, 0.2) is 0 Å². The van der Waals surface area contributed by atoms with E-state index in [-0.39, 0.29) is 5.41 Å². The van der Waals surface area contributed by atoms with Gasteiger partial charge in [-0.1, -0.05) is 32.9 Å². The number of benzene rings is 1. The highest BCUT2D eigenvalue weighted by Gasteiger charge is 2.29. The van der Waals surface area contributed by atoms with E-state index in [1.54, 1.807) is 0 Å². The van der Waals surface area contributed by atoms with Crippen LogP contribution < -0.4 is 4.52 Å². The van der Waals surface area contributed by atoms with Crippen molar-refractivity contribution in [2.75, 3.05) is 13.2 Å². The molecule has 134 valence electrons. The van der Waals surface area contributed by atoms with Crippen molar-refractivity contribution < 1.29 is 9.05 Å². The van der Waals surface area contributed by atoms with Gasteiger partial charge in [0.1, 0.15) is 12.4 Å². The van der Waals surface area contributed by atoms with Gasteiger partial charge in [0, 0.05) is 12.1 Å². The molecule has 5 heteroatoms.